The predicted octanol–water partition coefficient (Wildman–Crippen LogP) is 7.78. The molecule has 1 heteroatoms. The van der Waals surface area contributed by atoms with Gasteiger partial charge in [-0.2, -0.15) is 0 Å². The maximum atomic E-state index is 13.1. The lowest BCUT2D eigenvalue weighted by Crippen LogP contribution is -1.85. The fourth-order valence-corrected chi connectivity index (χ4v) is 2.58. The predicted molar refractivity (Wildman–Crippen MR) is 110 cm³/mol. The van der Waals surface area contributed by atoms with Gasteiger partial charge in [0.15, 0.2) is 0 Å². The molecule has 25 heavy (non-hydrogen) atoms. The van der Waals surface area contributed by atoms with Gasteiger partial charge in [-0.25, -0.2) is 4.39 Å². The molecule has 0 heterocycles. The van der Waals surface area contributed by atoms with Crippen LogP contribution < -0.4 is 0 Å². The number of hydrogen-bond donors (Lipinski definition) is 0. The molecular formula is C24H29F. The first-order valence-electron chi connectivity index (χ1n) is 9.02. The van der Waals surface area contributed by atoms with Gasteiger partial charge >= 0.3 is 0 Å². The summed E-state index contributed by atoms with van der Waals surface area (Å²) < 4.78 is 13.1. The first kappa shape index (κ1) is 20.6. The van der Waals surface area contributed by atoms with Crippen molar-refractivity contribution in [2.24, 2.45) is 0 Å². The Bertz CT molecular complexity index is 701. The van der Waals surface area contributed by atoms with Crippen LogP contribution in [0.1, 0.15) is 45.2 Å². The van der Waals surface area contributed by atoms with E-state index < -0.39 is 5.83 Å². The third-order valence-corrected chi connectivity index (χ3v) is 3.70. The molecule has 0 nitrogen and oxygen atoms in total. The second kappa shape index (κ2) is 11.2. The molecule has 0 spiro atoms. The Morgan fingerprint density at radius 1 is 0.960 bits per heavy atom. The lowest BCUT2D eigenvalue weighted by molar-refractivity contribution is 0.672. The highest BCUT2D eigenvalue weighted by Gasteiger charge is 2.02. The second-order valence-electron chi connectivity index (χ2n) is 5.57. The Labute approximate surface area is 152 Å². The largest absolute Gasteiger partial charge is 0.208 e. The fourth-order valence-electron chi connectivity index (χ4n) is 2.58. The third kappa shape index (κ3) is 6.54. The Morgan fingerprint density at radius 3 is 1.92 bits per heavy atom. The molecule has 0 aliphatic carbocycles. The van der Waals surface area contributed by atoms with Crippen molar-refractivity contribution in [2.45, 2.75) is 40.5 Å². The van der Waals surface area contributed by atoms with Crippen LogP contribution in [0.25, 0.3) is 16.7 Å². The molecule has 132 valence electrons. The van der Waals surface area contributed by atoms with Crippen LogP contribution in [-0.4, -0.2) is 0 Å². The summed E-state index contributed by atoms with van der Waals surface area (Å²) >= 11 is 0. The van der Waals surface area contributed by atoms with Crippen molar-refractivity contribution in [2.75, 3.05) is 0 Å². The summed E-state index contributed by atoms with van der Waals surface area (Å²) in [6.45, 7) is 11.4. The van der Waals surface area contributed by atoms with Crippen LogP contribution in [0.15, 0.2) is 79.2 Å². The molecule has 2 aromatic carbocycles. The van der Waals surface area contributed by atoms with E-state index in [0.717, 1.165) is 29.5 Å². The quantitative estimate of drug-likeness (QED) is 0.472. The Balaban J connectivity index is 0.00000151. The van der Waals surface area contributed by atoms with E-state index in [2.05, 4.69) is 49.9 Å². The molecule has 0 atom stereocenters. The first-order valence-corrected chi connectivity index (χ1v) is 9.02. The molecule has 0 N–H and O–H groups in total. The molecule has 0 saturated heterocycles. The molecule has 2 rings (SSSR count). The monoisotopic (exact) mass is 336 g/mol. The number of aryl methyl sites for hydroxylation is 1. The van der Waals surface area contributed by atoms with Crippen LogP contribution in [0, 0.1) is 0 Å². The summed E-state index contributed by atoms with van der Waals surface area (Å²) in [6, 6.07) is 16.9. The van der Waals surface area contributed by atoms with Crippen molar-refractivity contribution in [3.8, 4) is 11.1 Å². The van der Waals surface area contributed by atoms with Crippen LogP contribution in [-0.2, 0) is 6.42 Å². The van der Waals surface area contributed by atoms with E-state index in [0.29, 0.717) is 0 Å². The first-order chi connectivity index (χ1) is 12.1. The minimum atomic E-state index is -0.436. The third-order valence-electron chi connectivity index (χ3n) is 3.70. The lowest BCUT2D eigenvalue weighted by Gasteiger charge is -2.07. The standard InChI is InChI=1S/C22H23F.C2H6/c1-4-6-18-8-10-19(11-9-18)20-12-14-21(15-13-20)22(7-5-2)16-17(3)23;1-2/h5,7-16H,3-4,6H2,1-2H3;1-2H3/b7-5-,22-16+;. The van der Waals surface area contributed by atoms with E-state index in [9.17, 15) is 4.39 Å². The zero-order valence-electron chi connectivity index (χ0n) is 15.9. The molecule has 0 aliphatic rings. The Morgan fingerprint density at radius 2 is 1.48 bits per heavy atom. The fraction of sp³-hybridized carbons (Fsp3) is 0.250. The Hall–Kier alpha value is -2.41. The molecule has 0 aliphatic heterocycles. The number of allylic oxidation sites excluding steroid dienone is 5. The molecule has 0 saturated carbocycles. The van der Waals surface area contributed by atoms with E-state index in [4.69, 9.17) is 0 Å². The molecule has 0 amide bonds. The highest BCUT2D eigenvalue weighted by molar-refractivity contribution is 5.77. The van der Waals surface area contributed by atoms with Crippen molar-refractivity contribution in [3.63, 3.8) is 0 Å². The summed E-state index contributed by atoms with van der Waals surface area (Å²) in [4.78, 5) is 0. The molecule has 0 bridgehead atoms. The maximum Gasteiger partial charge on any atom is 0.116 e. The summed E-state index contributed by atoms with van der Waals surface area (Å²) in [7, 11) is 0. The minimum absolute atomic E-state index is 0.436. The van der Waals surface area contributed by atoms with Crippen LogP contribution in [0.3, 0.4) is 0 Å². The summed E-state index contributed by atoms with van der Waals surface area (Å²) in [5.41, 5.74) is 5.53. The average molecular weight is 336 g/mol. The summed E-state index contributed by atoms with van der Waals surface area (Å²) in [6.07, 6.45) is 7.51. The molecule has 0 fully saturated rings. The minimum Gasteiger partial charge on any atom is -0.208 e. The van der Waals surface area contributed by atoms with Crippen molar-refractivity contribution >= 4 is 5.57 Å². The van der Waals surface area contributed by atoms with Gasteiger partial charge in [0.05, 0.1) is 0 Å². The van der Waals surface area contributed by atoms with Crippen molar-refractivity contribution in [1.82, 2.24) is 0 Å². The van der Waals surface area contributed by atoms with Crippen molar-refractivity contribution in [1.29, 1.82) is 0 Å². The van der Waals surface area contributed by atoms with E-state index in [1.54, 1.807) is 0 Å². The van der Waals surface area contributed by atoms with Gasteiger partial charge in [0.1, 0.15) is 5.83 Å². The van der Waals surface area contributed by atoms with Gasteiger partial charge in [-0.05, 0) is 47.2 Å². The molecule has 0 aromatic heterocycles. The number of hydrogen-bond acceptors (Lipinski definition) is 0. The average Bonchev–Trinajstić information content (AvgIpc) is 2.64. The van der Waals surface area contributed by atoms with Crippen molar-refractivity contribution in [3.05, 3.63) is 90.3 Å². The number of halogens is 1. The van der Waals surface area contributed by atoms with E-state index in [1.807, 2.05) is 45.1 Å². The zero-order valence-corrected chi connectivity index (χ0v) is 15.9. The van der Waals surface area contributed by atoms with Gasteiger partial charge in [-0.15, -0.1) is 0 Å². The van der Waals surface area contributed by atoms with Crippen LogP contribution in [0.5, 0.6) is 0 Å². The smallest absolute Gasteiger partial charge is 0.116 e. The van der Waals surface area contributed by atoms with Crippen molar-refractivity contribution < 1.29 is 4.39 Å². The van der Waals surface area contributed by atoms with Gasteiger partial charge in [-0.3, -0.25) is 0 Å². The van der Waals surface area contributed by atoms with E-state index in [1.165, 1.54) is 17.2 Å². The highest BCUT2D eigenvalue weighted by Crippen LogP contribution is 2.24. The Kier molecular flexibility index (Phi) is 9.24. The molecule has 2 aromatic rings. The zero-order chi connectivity index (χ0) is 18.7. The normalized spacial score (nSPS) is 11.2. The SMILES string of the molecule is C=C(F)/C=C(\C=C/C)c1ccc(-c2ccc(CCC)cc2)cc1.CC. The lowest BCUT2D eigenvalue weighted by atomic mass is 9.98. The second-order valence-corrected chi connectivity index (χ2v) is 5.57. The van der Waals surface area contributed by atoms with E-state index in [-0.39, 0.29) is 0 Å². The summed E-state index contributed by atoms with van der Waals surface area (Å²) in [5.74, 6) is -0.436. The van der Waals surface area contributed by atoms with Gasteiger partial charge in [0.25, 0.3) is 0 Å². The van der Waals surface area contributed by atoms with Crippen LogP contribution in [0.4, 0.5) is 4.39 Å². The molecule has 0 unspecified atom stereocenters. The van der Waals surface area contributed by atoms with Gasteiger partial charge in [-0.1, -0.05) is 94.5 Å². The molecular weight excluding hydrogens is 307 g/mol. The van der Waals surface area contributed by atoms with Gasteiger partial charge in [0.2, 0.25) is 0 Å². The number of rotatable bonds is 6. The van der Waals surface area contributed by atoms with Crippen LogP contribution >= 0.6 is 0 Å². The van der Waals surface area contributed by atoms with Gasteiger partial charge in [0, 0.05) is 0 Å². The van der Waals surface area contributed by atoms with E-state index >= 15 is 0 Å². The number of benzene rings is 2. The summed E-state index contributed by atoms with van der Waals surface area (Å²) in [5, 5.41) is 0. The highest BCUT2D eigenvalue weighted by atomic mass is 19.1. The van der Waals surface area contributed by atoms with Gasteiger partial charge < -0.3 is 0 Å². The maximum absolute atomic E-state index is 13.1. The van der Waals surface area contributed by atoms with Crippen LogP contribution in [0.2, 0.25) is 0 Å². The topological polar surface area (TPSA) is 0 Å². The molecule has 0 radical (unpaired) electrons.